The fourth-order valence-electron chi connectivity index (χ4n) is 4.34. The van der Waals surface area contributed by atoms with Crippen molar-refractivity contribution in [3.05, 3.63) is 77.9 Å². The third kappa shape index (κ3) is 6.52. The van der Waals surface area contributed by atoms with Gasteiger partial charge >= 0.3 is 0 Å². The summed E-state index contributed by atoms with van der Waals surface area (Å²) in [6.07, 6.45) is 7.65. The number of rotatable bonds is 10. The topological polar surface area (TPSA) is 52.6 Å². The average molecular weight is 443 g/mol. The highest BCUT2D eigenvalue weighted by atomic mass is 32.2. The molecule has 0 saturated heterocycles. The Bertz CT molecular complexity index is 951. The molecule has 3 rings (SSSR count). The van der Waals surface area contributed by atoms with Crippen molar-refractivity contribution in [2.24, 2.45) is 17.3 Å². The molecule has 0 radical (unpaired) electrons. The number of benzene rings is 2. The normalized spacial score (nSPS) is 21.0. The Kier molecular flexibility index (Phi) is 8.09. The van der Waals surface area contributed by atoms with Crippen LogP contribution in [0.15, 0.2) is 71.6 Å². The first-order valence-corrected chi connectivity index (χ1v) is 12.5. The molecule has 3 atom stereocenters. The van der Waals surface area contributed by atoms with E-state index in [0.29, 0.717) is 13.2 Å². The minimum absolute atomic E-state index is 0.0278. The first-order valence-electron chi connectivity index (χ1n) is 11.1. The van der Waals surface area contributed by atoms with Crippen LogP contribution in [0.1, 0.15) is 44.2 Å². The van der Waals surface area contributed by atoms with Crippen LogP contribution in [0.2, 0.25) is 0 Å². The maximum atomic E-state index is 12.8. The molecule has 0 N–H and O–H groups in total. The molecule has 0 aliphatic heterocycles. The molecule has 2 aromatic carbocycles. The molecular formula is C26H34O4S. The molecule has 0 fully saturated rings. The first-order chi connectivity index (χ1) is 14.8. The average Bonchev–Trinajstić information content (AvgIpc) is 2.75. The number of hydrogen-bond donors (Lipinski definition) is 0. The zero-order valence-corrected chi connectivity index (χ0v) is 19.6. The maximum absolute atomic E-state index is 12.8. The van der Waals surface area contributed by atoms with Crippen molar-refractivity contribution in [1.29, 1.82) is 0 Å². The van der Waals surface area contributed by atoms with Crippen LogP contribution in [-0.4, -0.2) is 21.6 Å². The highest BCUT2D eigenvalue weighted by Gasteiger charge is 2.37. The van der Waals surface area contributed by atoms with Crippen LogP contribution in [0, 0.1) is 24.2 Å². The zero-order valence-electron chi connectivity index (χ0n) is 18.8. The molecule has 1 aliphatic rings. The van der Waals surface area contributed by atoms with Crippen LogP contribution >= 0.6 is 0 Å². The second kappa shape index (κ2) is 10.6. The van der Waals surface area contributed by atoms with Crippen LogP contribution in [0.5, 0.6) is 0 Å². The molecular weight excluding hydrogens is 408 g/mol. The van der Waals surface area contributed by atoms with E-state index in [1.807, 2.05) is 37.3 Å². The first kappa shape index (κ1) is 23.7. The van der Waals surface area contributed by atoms with Crippen molar-refractivity contribution in [2.45, 2.75) is 51.5 Å². The minimum atomic E-state index is -3.80. The predicted molar refractivity (Wildman–Crippen MR) is 124 cm³/mol. The second-order valence-corrected chi connectivity index (χ2v) is 10.6. The molecule has 0 aromatic heterocycles. The Balaban J connectivity index is 1.69. The lowest BCUT2D eigenvalue weighted by Crippen LogP contribution is -2.37. The monoisotopic (exact) mass is 442 g/mol. The summed E-state index contributed by atoms with van der Waals surface area (Å²) in [5.74, 6) is 0.171. The van der Waals surface area contributed by atoms with E-state index in [9.17, 15) is 8.42 Å². The van der Waals surface area contributed by atoms with E-state index in [0.717, 1.165) is 30.4 Å². The molecule has 0 heterocycles. The third-order valence-electron chi connectivity index (χ3n) is 6.32. The number of hydrogen-bond acceptors (Lipinski definition) is 4. The molecule has 1 aliphatic carbocycles. The van der Waals surface area contributed by atoms with Gasteiger partial charge in [-0.3, -0.25) is 4.18 Å². The van der Waals surface area contributed by atoms with Gasteiger partial charge in [-0.05, 0) is 61.1 Å². The molecule has 0 spiro atoms. The van der Waals surface area contributed by atoms with Gasteiger partial charge in [0.25, 0.3) is 10.1 Å². The van der Waals surface area contributed by atoms with E-state index in [2.05, 4.69) is 26.0 Å². The van der Waals surface area contributed by atoms with Crippen molar-refractivity contribution < 1.29 is 17.3 Å². The van der Waals surface area contributed by atoms with Crippen molar-refractivity contribution in [2.75, 3.05) is 13.2 Å². The van der Waals surface area contributed by atoms with Gasteiger partial charge in [-0.15, -0.1) is 0 Å². The number of ether oxygens (including phenoxy) is 1. The summed E-state index contributed by atoms with van der Waals surface area (Å²) < 4.78 is 37.2. The summed E-state index contributed by atoms with van der Waals surface area (Å²) in [5.41, 5.74) is 2.03. The van der Waals surface area contributed by atoms with Crippen LogP contribution in [0.25, 0.3) is 0 Å². The Morgan fingerprint density at radius 1 is 1.03 bits per heavy atom. The molecule has 0 unspecified atom stereocenters. The fraction of sp³-hybridized carbons (Fsp3) is 0.462. The summed E-state index contributed by atoms with van der Waals surface area (Å²) in [5, 5.41) is 0. The van der Waals surface area contributed by atoms with E-state index >= 15 is 0 Å². The van der Waals surface area contributed by atoms with Crippen molar-refractivity contribution in [3.63, 3.8) is 0 Å². The smallest absolute Gasteiger partial charge is 0.296 e. The molecule has 0 amide bonds. The number of allylic oxidation sites excluding steroid dienone is 2. The summed E-state index contributed by atoms with van der Waals surface area (Å²) in [7, 11) is -3.80. The van der Waals surface area contributed by atoms with E-state index in [1.54, 1.807) is 24.3 Å². The van der Waals surface area contributed by atoms with Gasteiger partial charge in [0.2, 0.25) is 0 Å². The van der Waals surface area contributed by atoms with Crippen LogP contribution in [0.3, 0.4) is 0 Å². The fourth-order valence-corrected chi connectivity index (χ4v) is 5.27. The predicted octanol–water partition coefficient (Wildman–Crippen LogP) is 5.92. The minimum Gasteiger partial charge on any atom is -0.376 e. The Morgan fingerprint density at radius 3 is 2.39 bits per heavy atom. The Morgan fingerprint density at radius 2 is 1.74 bits per heavy atom. The van der Waals surface area contributed by atoms with Crippen molar-refractivity contribution >= 4 is 10.1 Å². The standard InChI is InChI=1S/C26H34O4S/c1-21-12-14-24(15-13-21)31(27,28)30-20-25(26(3)16-8-5-9-17-26)22(2)18-29-19-23-10-6-4-7-11-23/h4,6-8,10-16,22,25H,5,9,17-20H2,1-3H3/t22-,25-,26-/m1/s1. The van der Waals surface area contributed by atoms with Gasteiger partial charge in [0, 0.05) is 6.61 Å². The Hall–Kier alpha value is -1.95. The lowest BCUT2D eigenvalue weighted by atomic mass is 9.67. The van der Waals surface area contributed by atoms with Crippen LogP contribution in [-0.2, 0) is 25.6 Å². The SMILES string of the molecule is Cc1ccc(S(=O)(=O)OC[C@H]([C@H](C)COCc2ccccc2)[C@]2(C)C=CCCC2)cc1. The van der Waals surface area contributed by atoms with Crippen molar-refractivity contribution in [1.82, 2.24) is 0 Å². The molecule has 168 valence electrons. The lowest BCUT2D eigenvalue weighted by molar-refractivity contribution is 0.0230. The van der Waals surface area contributed by atoms with Crippen LogP contribution in [0.4, 0.5) is 0 Å². The third-order valence-corrected chi connectivity index (χ3v) is 7.62. The van der Waals surface area contributed by atoms with Crippen molar-refractivity contribution in [3.8, 4) is 0 Å². The highest BCUT2D eigenvalue weighted by Crippen LogP contribution is 2.42. The van der Waals surface area contributed by atoms with Gasteiger partial charge in [0.1, 0.15) is 0 Å². The van der Waals surface area contributed by atoms with E-state index < -0.39 is 10.1 Å². The molecule has 4 nitrogen and oxygen atoms in total. The second-order valence-electron chi connectivity index (χ2n) is 8.94. The van der Waals surface area contributed by atoms with Gasteiger partial charge in [-0.1, -0.05) is 74.0 Å². The van der Waals surface area contributed by atoms with Gasteiger partial charge in [0.05, 0.1) is 18.1 Å². The molecule has 0 bridgehead atoms. The Labute approximate surface area is 187 Å². The maximum Gasteiger partial charge on any atom is 0.296 e. The molecule has 31 heavy (non-hydrogen) atoms. The lowest BCUT2D eigenvalue weighted by Gasteiger charge is -2.40. The summed E-state index contributed by atoms with van der Waals surface area (Å²) in [6.45, 7) is 7.52. The summed E-state index contributed by atoms with van der Waals surface area (Å²) >= 11 is 0. The van der Waals surface area contributed by atoms with E-state index in [1.165, 1.54) is 0 Å². The molecule has 2 aromatic rings. The quantitative estimate of drug-likeness (QED) is 0.339. The van der Waals surface area contributed by atoms with Gasteiger partial charge in [-0.25, -0.2) is 0 Å². The van der Waals surface area contributed by atoms with Gasteiger partial charge in [0.15, 0.2) is 0 Å². The number of aryl methyl sites for hydroxylation is 1. The highest BCUT2D eigenvalue weighted by molar-refractivity contribution is 7.86. The summed E-state index contributed by atoms with van der Waals surface area (Å²) in [4.78, 5) is 0.203. The van der Waals surface area contributed by atoms with Gasteiger partial charge < -0.3 is 4.74 Å². The molecule has 0 saturated carbocycles. The molecule has 5 heteroatoms. The summed E-state index contributed by atoms with van der Waals surface area (Å²) in [6, 6.07) is 16.9. The van der Waals surface area contributed by atoms with E-state index in [4.69, 9.17) is 8.92 Å². The van der Waals surface area contributed by atoms with E-state index in [-0.39, 0.29) is 28.8 Å². The van der Waals surface area contributed by atoms with Crippen LogP contribution < -0.4 is 0 Å². The zero-order chi connectivity index (χ0) is 22.3. The largest absolute Gasteiger partial charge is 0.376 e. The van der Waals surface area contributed by atoms with Gasteiger partial charge in [-0.2, -0.15) is 8.42 Å².